The van der Waals surface area contributed by atoms with Gasteiger partial charge in [-0.1, -0.05) is 12.1 Å². The number of aliphatic imine (C=N–C) groups is 1. The summed E-state index contributed by atoms with van der Waals surface area (Å²) in [6.07, 6.45) is 2.16. The van der Waals surface area contributed by atoms with Crippen molar-refractivity contribution in [1.82, 2.24) is 9.80 Å². The molecule has 0 atom stereocenters. The summed E-state index contributed by atoms with van der Waals surface area (Å²) in [6, 6.07) is 6.45. The van der Waals surface area contributed by atoms with Crippen molar-refractivity contribution in [3.63, 3.8) is 0 Å². The number of imide groups is 1. The molecule has 0 saturated heterocycles. The number of carbonyl (C=O) groups excluding carboxylic acids is 3. The normalized spacial score (nSPS) is 17.5. The van der Waals surface area contributed by atoms with Crippen LogP contribution in [-0.2, 0) is 9.53 Å². The number of rotatable bonds is 8. The maximum Gasteiger partial charge on any atom is 0.261 e. The van der Waals surface area contributed by atoms with Crippen molar-refractivity contribution in [1.29, 1.82) is 0 Å². The minimum Gasteiger partial charge on any atom is -0.401 e. The second-order valence-electron chi connectivity index (χ2n) is 6.95. The van der Waals surface area contributed by atoms with Crippen molar-refractivity contribution in [3.8, 4) is 0 Å². The summed E-state index contributed by atoms with van der Waals surface area (Å²) < 4.78 is 18.4. The highest BCUT2D eigenvalue weighted by atomic mass is 19.1. The highest BCUT2D eigenvalue weighted by molar-refractivity contribution is 6.21. The van der Waals surface area contributed by atoms with Gasteiger partial charge in [-0.25, -0.2) is 4.39 Å². The summed E-state index contributed by atoms with van der Waals surface area (Å²) in [5.41, 5.74) is 7.35. The van der Waals surface area contributed by atoms with E-state index in [9.17, 15) is 18.8 Å². The molecule has 2 aliphatic heterocycles. The van der Waals surface area contributed by atoms with Gasteiger partial charge in [-0.05, 0) is 17.7 Å². The smallest absolute Gasteiger partial charge is 0.261 e. The number of carbonyl (C=O) groups is 3. The third kappa shape index (κ3) is 4.30. The molecule has 0 fully saturated rings. The van der Waals surface area contributed by atoms with Crippen molar-refractivity contribution in [2.45, 2.75) is 6.42 Å². The Hall–Kier alpha value is -3.33. The van der Waals surface area contributed by atoms with E-state index < -0.39 is 11.8 Å². The Kier molecular flexibility index (Phi) is 6.73. The number of hydrogen-bond acceptors (Lipinski definition) is 6. The van der Waals surface area contributed by atoms with Crippen LogP contribution in [0.1, 0.15) is 27.1 Å². The summed E-state index contributed by atoms with van der Waals surface area (Å²) in [4.78, 5) is 44.1. The number of hydrogen-bond donors (Lipinski definition) is 1. The Bertz CT molecular complexity index is 919. The quantitative estimate of drug-likeness (QED) is 0.510. The summed E-state index contributed by atoms with van der Waals surface area (Å²) in [7, 11) is 1.56. The molecule has 0 saturated carbocycles. The zero-order valence-electron chi connectivity index (χ0n) is 16.6. The van der Waals surface area contributed by atoms with E-state index in [1.54, 1.807) is 36.3 Å². The Morgan fingerprint density at radius 3 is 2.47 bits per heavy atom. The lowest BCUT2D eigenvalue weighted by Crippen LogP contribution is -2.41. The molecule has 2 aliphatic rings. The van der Waals surface area contributed by atoms with Crippen LogP contribution in [0.4, 0.5) is 4.39 Å². The van der Waals surface area contributed by atoms with E-state index in [2.05, 4.69) is 4.99 Å². The van der Waals surface area contributed by atoms with Crippen LogP contribution in [0.3, 0.4) is 0 Å². The topological polar surface area (TPSA) is 105 Å². The van der Waals surface area contributed by atoms with E-state index >= 15 is 0 Å². The van der Waals surface area contributed by atoms with Crippen LogP contribution in [0.2, 0.25) is 0 Å². The first kappa shape index (κ1) is 21.4. The number of benzene rings is 1. The van der Waals surface area contributed by atoms with Crippen LogP contribution in [0.15, 0.2) is 52.4 Å². The fourth-order valence-electron chi connectivity index (χ4n) is 3.31. The standard InChI is InChI=1S/C21H23FN4O4/c1-30-9-8-25-7-6-18(23)17(19(25)27)12-24-11-14(10-22)13-26-20(28)15-4-2-3-5-16(15)21(26)29/h2-5,10,12H,6-9,11,13,23H2,1H3/b14-10-,24-12?. The fourth-order valence-corrected chi connectivity index (χ4v) is 3.31. The highest BCUT2D eigenvalue weighted by Crippen LogP contribution is 2.23. The lowest BCUT2D eigenvalue weighted by molar-refractivity contribution is -0.127. The Balaban J connectivity index is 1.65. The molecule has 0 radical (unpaired) electrons. The van der Waals surface area contributed by atoms with E-state index in [0.29, 0.717) is 49.3 Å². The van der Waals surface area contributed by atoms with Gasteiger partial charge in [-0.2, -0.15) is 0 Å². The first-order chi connectivity index (χ1) is 14.5. The van der Waals surface area contributed by atoms with Gasteiger partial charge >= 0.3 is 0 Å². The van der Waals surface area contributed by atoms with Crippen LogP contribution in [0.25, 0.3) is 0 Å². The van der Waals surface area contributed by atoms with Crippen LogP contribution in [-0.4, -0.2) is 73.6 Å². The third-order valence-corrected chi connectivity index (χ3v) is 4.99. The number of ether oxygens (including phenoxy) is 1. The van der Waals surface area contributed by atoms with Crippen LogP contribution in [0, 0.1) is 0 Å². The molecule has 158 valence electrons. The van der Waals surface area contributed by atoms with Crippen molar-refractivity contribution in [3.05, 3.63) is 58.6 Å². The molecular formula is C21H23FN4O4. The number of halogens is 1. The molecule has 8 nitrogen and oxygen atoms in total. The summed E-state index contributed by atoms with van der Waals surface area (Å²) >= 11 is 0. The first-order valence-corrected chi connectivity index (χ1v) is 9.48. The van der Waals surface area contributed by atoms with Gasteiger partial charge < -0.3 is 15.4 Å². The molecule has 2 heterocycles. The molecular weight excluding hydrogens is 391 g/mol. The molecule has 3 rings (SSSR count). The molecule has 30 heavy (non-hydrogen) atoms. The van der Waals surface area contributed by atoms with Crippen LogP contribution >= 0.6 is 0 Å². The first-order valence-electron chi connectivity index (χ1n) is 9.48. The number of nitrogens with zero attached hydrogens (tertiary/aromatic N) is 3. The monoisotopic (exact) mass is 414 g/mol. The van der Waals surface area contributed by atoms with Crippen molar-refractivity contribution in [2.75, 3.05) is 39.9 Å². The summed E-state index contributed by atoms with van der Waals surface area (Å²) in [6.45, 7) is 1.01. The van der Waals surface area contributed by atoms with Gasteiger partial charge in [0.1, 0.15) is 0 Å². The SMILES string of the molecule is COCCN1CCC(N)=C(C=NC/C(=C/F)CN2C(=O)c3ccccc3C2=O)C1=O. The van der Waals surface area contributed by atoms with Gasteiger partial charge in [0.15, 0.2) is 0 Å². The molecule has 9 heteroatoms. The summed E-state index contributed by atoms with van der Waals surface area (Å²) in [5.74, 6) is -1.20. The molecule has 2 N–H and O–H groups in total. The molecule has 0 unspecified atom stereocenters. The Labute approximate surface area is 173 Å². The average molecular weight is 414 g/mol. The van der Waals surface area contributed by atoms with Crippen molar-refractivity contribution < 1.29 is 23.5 Å². The van der Waals surface area contributed by atoms with Gasteiger partial charge in [0.25, 0.3) is 17.7 Å². The third-order valence-electron chi connectivity index (χ3n) is 4.99. The fraction of sp³-hybridized carbons (Fsp3) is 0.333. The van der Waals surface area contributed by atoms with Crippen LogP contribution in [0.5, 0.6) is 0 Å². The van der Waals surface area contributed by atoms with Gasteiger partial charge in [-0.15, -0.1) is 0 Å². The van der Waals surface area contributed by atoms with Crippen molar-refractivity contribution >= 4 is 23.9 Å². The van der Waals surface area contributed by atoms with E-state index in [1.165, 1.54) is 6.21 Å². The van der Waals surface area contributed by atoms with Gasteiger partial charge in [0.2, 0.25) is 0 Å². The van der Waals surface area contributed by atoms with E-state index in [-0.39, 0.29) is 30.1 Å². The molecule has 3 amide bonds. The minimum absolute atomic E-state index is 0.119. The molecule has 0 bridgehead atoms. The molecule has 1 aromatic carbocycles. The summed E-state index contributed by atoms with van der Waals surface area (Å²) in [5, 5.41) is 0. The van der Waals surface area contributed by atoms with Gasteiger partial charge in [0.05, 0.1) is 42.7 Å². The Morgan fingerprint density at radius 1 is 1.20 bits per heavy atom. The van der Waals surface area contributed by atoms with E-state index in [0.717, 1.165) is 4.90 Å². The molecule has 1 aromatic rings. The maximum atomic E-state index is 13.4. The second-order valence-corrected chi connectivity index (χ2v) is 6.95. The zero-order valence-corrected chi connectivity index (χ0v) is 16.6. The zero-order chi connectivity index (χ0) is 21.7. The number of fused-ring (bicyclic) bond motifs is 1. The van der Waals surface area contributed by atoms with E-state index in [1.807, 2.05) is 0 Å². The second kappa shape index (κ2) is 9.45. The highest BCUT2D eigenvalue weighted by Gasteiger charge is 2.35. The molecule has 0 spiro atoms. The predicted octanol–water partition coefficient (Wildman–Crippen LogP) is 1.30. The van der Waals surface area contributed by atoms with Gasteiger partial charge in [0, 0.05) is 38.5 Å². The molecule has 0 aliphatic carbocycles. The lowest BCUT2D eigenvalue weighted by atomic mass is 10.1. The van der Waals surface area contributed by atoms with Gasteiger partial charge in [-0.3, -0.25) is 24.3 Å². The van der Waals surface area contributed by atoms with Crippen LogP contribution < -0.4 is 5.73 Å². The predicted molar refractivity (Wildman–Crippen MR) is 109 cm³/mol. The average Bonchev–Trinajstić information content (AvgIpc) is 2.99. The Morgan fingerprint density at radius 2 is 1.87 bits per heavy atom. The van der Waals surface area contributed by atoms with Crippen molar-refractivity contribution in [2.24, 2.45) is 10.7 Å². The largest absolute Gasteiger partial charge is 0.401 e. The lowest BCUT2D eigenvalue weighted by Gasteiger charge is -2.27. The maximum absolute atomic E-state index is 13.4. The number of methoxy groups -OCH3 is 1. The number of nitrogens with two attached hydrogens (primary N) is 1. The molecule has 0 aromatic heterocycles. The number of amides is 3. The van der Waals surface area contributed by atoms with E-state index in [4.69, 9.17) is 10.5 Å². The minimum atomic E-state index is -0.470.